The van der Waals surface area contributed by atoms with Gasteiger partial charge < -0.3 is 4.74 Å². The van der Waals surface area contributed by atoms with Crippen molar-refractivity contribution >= 4 is 31.5 Å². The van der Waals surface area contributed by atoms with Gasteiger partial charge in [0.15, 0.2) is 9.84 Å². The number of nitrogens with zero attached hydrogens (tertiary/aromatic N) is 1. The van der Waals surface area contributed by atoms with Crippen molar-refractivity contribution in [2.24, 2.45) is 0 Å². The van der Waals surface area contributed by atoms with Crippen molar-refractivity contribution in [2.45, 2.75) is 42.9 Å². The Morgan fingerprint density at radius 3 is 2.36 bits per heavy atom. The molecular formula is C14H16ClF2NO5S2. The summed E-state index contributed by atoms with van der Waals surface area (Å²) in [6.07, 6.45) is 1.57. The highest BCUT2D eigenvalue weighted by molar-refractivity contribution is 7.92. The van der Waals surface area contributed by atoms with E-state index in [1.54, 1.807) is 0 Å². The van der Waals surface area contributed by atoms with Crippen molar-refractivity contribution in [3.8, 4) is 5.75 Å². The van der Waals surface area contributed by atoms with Crippen LogP contribution < -0.4 is 4.74 Å². The van der Waals surface area contributed by atoms with Gasteiger partial charge in [-0.3, -0.25) is 0 Å². The van der Waals surface area contributed by atoms with E-state index in [0.29, 0.717) is 12.8 Å². The number of benzene rings is 1. The number of halogens is 3. The monoisotopic (exact) mass is 415 g/mol. The van der Waals surface area contributed by atoms with Crippen molar-refractivity contribution in [2.75, 3.05) is 11.5 Å². The van der Waals surface area contributed by atoms with Gasteiger partial charge in [0.05, 0.1) is 21.4 Å². The molecule has 0 N–H and O–H groups in total. The number of ether oxygens (including phenoxy) is 1. The smallest absolute Gasteiger partial charge is 0.387 e. The summed E-state index contributed by atoms with van der Waals surface area (Å²) in [4.78, 5) is -0.171. The van der Waals surface area contributed by atoms with E-state index >= 15 is 0 Å². The maximum Gasteiger partial charge on any atom is 0.387 e. The Morgan fingerprint density at radius 1 is 1.20 bits per heavy atom. The lowest BCUT2D eigenvalue weighted by Crippen LogP contribution is -2.42. The minimum atomic E-state index is -4.00. The molecule has 1 aliphatic heterocycles. The molecule has 0 aromatic heterocycles. The van der Waals surface area contributed by atoms with Crippen molar-refractivity contribution in [3.05, 3.63) is 23.2 Å². The van der Waals surface area contributed by atoms with Crippen LogP contribution in [0.1, 0.15) is 19.3 Å². The normalized spacial score (nSPS) is 23.3. The SMILES string of the molecule is O=S1(=O)CC[C@@H](N(C2CC2)S(=O)(=O)c2ccc(OC(F)F)c(Cl)c2)C1. The van der Waals surface area contributed by atoms with Crippen LogP contribution in [-0.4, -0.2) is 51.3 Å². The van der Waals surface area contributed by atoms with Crippen LogP contribution in [0.3, 0.4) is 0 Å². The number of rotatable bonds is 6. The molecule has 2 aliphatic rings. The maximum absolute atomic E-state index is 13.0. The molecule has 0 radical (unpaired) electrons. The van der Waals surface area contributed by atoms with E-state index in [9.17, 15) is 25.6 Å². The van der Waals surface area contributed by atoms with Crippen LogP contribution in [-0.2, 0) is 19.9 Å². The van der Waals surface area contributed by atoms with Gasteiger partial charge >= 0.3 is 6.61 Å². The largest absolute Gasteiger partial charge is 0.433 e. The average molecular weight is 416 g/mol. The lowest BCUT2D eigenvalue weighted by atomic mass is 10.2. The van der Waals surface area contributed by atoms with Gasteiger partial charge in [0, 0.05) is 12.1 Å². The van der Waals surface area contributed by atoms with Crippen molar-refractivity contribution in [3.63, 3.8) is 0 Å². The van der Waals surface area contributed by atoms with Gasteiger partial charge in [-0.2, -0.15) is 13.1 Å². The Hall–Kier alpha value is -0.970. The van der Waals surface area contributed by atoms with Gasteiger partial charge in [-0.15, -0.1) is 0 Å². The van der Waals surface area contributed by atoms with Crippen LogP contribution >= 0.6 is 11.6 Å². The van der Waals surface area contributed by atoms with E-state index in [1.165, 1.54) is 4.31 Å². The van der Waals surface area contributed by atoms with Crippen LogP contribution in [0.2, 0.25) is 5.02 Å². The fourth-order valence-electron chi connectivity index (χ4n) is 2.95. The maximum atomic E-state index is 13.0. The van der Waals surface area contributed by atoms with Crippen molar-refractivity contribution in [1.82, 2.24) is 4.31 Å². The average Bonchev–Trinajstić information content (AvgIpc) is 3.24. The van der Waals surface area contributed by atoms with Crippen LogP contribution in [0, 0.1) is 0 Å². The van der Waals surface area contributed by atoms with E-state index in [4.69, 9.17) is 11.6 Å². The van der Waals surface area contributed by atoms with Crippen LogP contribution in [0.25, 0.3) is 0 Å². The molecule has 0 amide bonds. The molecule has 1 aromatic rings. The highest BCUT2D eigenvalue weighted by Crippen LogP contribution is 2.38. The molecule has 11 heteroatoms. The number of hydrogen-bond donors (Lipinski definition) is 0. The minimum absolute atomic E-state index is 0.0433. The molecule has 0 spiro atoms. The van der Waals surface area contributed by atoms with Gasteiger partial charge in [0.25, 0.3) is 0 Å². The van der Waals surface area contributed by atoms with Gasteiger partial charge in [0.2, 0.25) is 10.0 Å². The second kappa shape index (κ2) is 6.64. The summed E-state index contributed by atoms with van der Waals surface area (Å²) < 4.78 is 79.4. The molecule has 2 fully saturated rings. The van der Waals surface area contributed by atoms with Crippen LogP contribution in [0.15, 0.2) is 23.1 Å². The van der Waals surface area contributed by atoms with Gasteiger partial charge in [-0.25, -0.2) is 16.8 Å². The highest BCUT2D eigenvalue weighted by atomic mass is 35.5. The molecule has 1 aliphatic carbocycles. The summed E-state index contributed by atoms with van der Waals surface area (Å²) in [5, 5.41) is -0.254. The molecule has 1 atom stereocenters. The van der Waals surface area contributed by atoms with Crippen molar-refractivity contribution in [1.29, 1.82) is 0 Å². The molecule has 1 saturated heterocycles. The summed E-state index contributed by atoms with van der Waals surface area (Å²) in [5.74, 6) is -0.571. The van der Waals surface area contributed by atoms with Crippen molar-refractivity contribution < 1.29 is 30.4 Å². The summed E-state index contributed by atoms with van der Waals surface area (Å²) in [6.45, 7) is -3.08. The number of hydrogen-bond acceptors (Lipinski definition) is 5. The molecule has 25 heavy (non-hydrogen) atoms. The summed E-state index contributed by atoms with van der Waals surface area (Å²) in [7, 11) is -7.25. The molecule has 1 saturated carbocycles. The van der Waals surface area contributed by atoms with E-state index in [0.717, 1.165) is 18.2 Å². The Morgan fingerprint density at radius 2 is 1.88 bits per heavy atom. The molecule has 3 rings (SSSR count). The zero-order chi connectivity index (χ0) is 18.4. The fraction of sp³-hybridized carbons (Fsp3) is 0.571. The Bertz CT molecular complexity index is 871. The summed E-state index contributed by atoms with van der Waals surface area (Å²) >= 11 is 5.85. The zero-order valence-electron chi connectivity index (χ0n) is 12.9. The first-order valence-electron chi connectivity index (χ1n) is 7.58. The lowest BCUT2D eigenvalue weighted by molar-refractivity contribution is -0.0498. The molecule has 1 heterocycles. The predicted octanol–water partition coefficient (Wildman–Crippen LogP) is 2.28. The minimum Gasteiger partial charge on any atom is -0.433 e. The molecule has 0 unspecified atom stereocenters. The Labute approximate surface area is 149 Å². The number of alkyl halides is 2. The highest BCUT2D eigenvalue weighted by Gasteiger charge is 2.46. The summed E-state index contributed by atoms with van der Waals surface area (Å²) in [6, 6.07) is 2.40. The van der Waals surface area contributed by atoms with Crippen LogP contribution in [0.4, 0.5) is 8.78 Å². The molecule has 0 bridgehead atoms. The summed E-state index contributed by atoms with van der Waals surface area (Å²) in [5.41, 5.74) is 0. The molecule has 140 valence electrons. The van der Waals surface area contributed by atoms with Gasteiger partial charge in [-0.05, 0) is 37.5 Å². The Balaban J connectivity index is 1.92. The van der Waals surface area contributed by atoms with E-state index in [-0.39, 0.29) is 39.6 Å². The molecule has 1 aromatic carbocycles. The third kappa shape index (κ3) is 4.07. The third-order valence-corrected chi connectivity index (χ3v) is 8.22. The first-order chi connectivity index (χ1) is 11.6. The van der Waals surface area contributed by atoms with E-state index in [1.807, 2.05) is 0 Å². The zero-order valence-corrected chi connectivity index (χ0v) is 15.3. The quantitative estimate of drug-likeness (QED) is 0.712. The second-order valence-electron chi connectivity index (χ2n) is 6.09. The van der Waals surface area contributed by atoms with E-state index in [2.05, 4.69) is 4.74 Å². The molecule has 6 nitrogen and oxygen atoms in total. The molecular weight excluding hydrogens is 400 g/mol. The Kier molecular flexibility index (Phi) is 5.00. The fourth-order valence-corrected chi connectivity index (χ4v) is 6.97. The second-order valence-corrected chi connectivity index (χ2v) is 10.6. The first-order valence-corrected chi connectivity index (χ1v) is 11.2. The number of sulfonamides is 1. The predicted molar refractivity (Wildman–Crippen MR) is 87.2 cm³/mol. The van der Waals surface area contributed by atoms with E-state index < -0.39 is 32.5 Å². The van der Waals surface area contributed by atoms with Gasteiger partial charge in [0.1, 0.15) is 5.75 Å². The van der Waals surface area contributed by atoms with Crippen LogP contribution in [0.5, 0.6) is 5.75 Å². The topological polar surface area (TPSA) is 80.8 Å². The van der Waals surface area contributed by atoms with Gasteiger partial charge in [-0.1, -0.05) is 11.6 Å². The lowest BCUT2D eigenvalue weighted by Gasteiger charge is -2.27. The third-order valence-electron chi connectivity index (χ3n) is 4.17. The first kappa shape index (κ1) is 18.8. The standard InChI is InChI=1S/C14H16ClF2NO5S2/c15-12-7-11(3-4-13(12)23-14(16)17)25(21,22)18(9-1-2-9)10-5-6-24(19,20)8-10/h3-4,7,9-10,14H,1-2,5-6,8H2/t10-/m1/s1. The number of sulfone groups is 1.